The number of hydrogen-bond donors (Lipinski definition) is 1. The summed E-state index contributed by atoms with van der Waals surface area (Å²) < 4.78 is 37.5. The van der Waals surface area contributed by atoms with Gasteiger partial charge in [0.2, 0.25) is 15.9 Å². The highest BCUT2D eigenvalue weighted by molar-refractivity contribution is 7.89. The molecule has 2 aromatic carbocycles. The lowest BCUT2D eigenvalue weighted by atomic mass is 10.0. The average Bonchev–Trinajstić information content (AvgIpc) is 2.74. The van der Waals surface area contributed by atoms with Gasteiger partial charge in [0.25, 0.3) is 0 Å². The number of anilines is 1. The molecule has 9 heteroatoms. The van der Waals surface area contributed by atoms with Crippen molar-refractivity contribution in [2.45, 2.75) is 18.2 Å². The van der Waals surface area contributed by atoms with Crippen LogP contribution >= 0.6 is 0 Å². The number of nitrogens with zero attached hydrogens (tertiary/aromatic N) is 1. The summed E-state index contributed by atoms with van der Waals surface area (Å²) >= 11 is 0. The zero-order valence-electron chi connectivity index (χ0n) is 16.9. The number of methoxy groups -OCH3 is 1. The Balaban J connectivity index is 1.76. The van der Waals surface area contributed by atoms with Crippen molar-refractivity contribution in [2.75, 3.05) is 38.7 Å². The minimum atomic E-state index is -3.66. The van der Waals surface area contributed by atoms with E-state index in [9.17, 15) is 18.0 Å². The summed E-state index contributed by atoms with van der Waals surface area (Å²) in [7, 11) is -2.17. The van der Waals surface area contributed by atoms with Gasteiger partial charge in [-0.2, -0.15) is 4.31 Å². The third-order valence-electron chi connectivity index (χ3n) is 4.76. The number of ketones is 1. The van der Waals surface area contributed by atoms with E-state index in [4.69, 9.17) is 9.47 Å². The van der Waals surface area contributed by atoms with E-state index in [2.05, 4.69) is 5.32 Å². The SMILES string of the molecule is COc1ccc(C(C)=O)cc1CC(=O)Nc1cccc(S(=O)(=O)N2CCOCC2)c1. The van der Waals surface area contributed by atoms with Gasteiger partial charge < -0.3 is 14.8 Å². The number of carbonyl (C=O) groups is 2. The molecule has 0 saturated carbocycles. The first kappa shape index (κ1) is 21.9. The molecular formula is C21H24N2O6S. The molecule has 30 heavy (non-hydrogen) atoms. The monoisotopic (exact) mass is 432 g/mol. The van der Waals surface area contributed by atoms with Gasteiger partial charge in [-0.05, 0) is 43.3 Å². The number of morpholine rings is 1. The Morgan fingerprint density at radius 1 is 1.13 bits per heavy atom. The summed E-state index contributed by atoms with van der Waals surface area (Å²) in [6.45, 7) is 2.76. The number of benzene rings is 2. The summed E-state index contributed by atoms with van der Waals surface area (Å²) in [5.74, 6) is 0.0362. The van der Waals surface area contributed by atoms with Crippen LogP contribution in [0.5, 0.6) is 5.75 Å². The number of amides is 1. The van der Waals surface area contributed by atoms with Gasteiger partial charge in [-0.15, -0.1) is 0 Å². The van der Waals surface area contributed by atoms with E-state index in [1.54, 1.807) is 30.3 Å². The Morgan fingerprint density at radius 3 is 2.53 bits per heavy atom. The molecule has 0 unspecified atom stereocenters. The fraction of sp³-hybridized carbons (Fsp3) is 0.333. The van der Waals surface area contributed by atoms with E-state index >= 15 is 0 Å². The molecule has 1 fully saturated rings. The van der Waals surface area contributed by atoms with Gasteiger partial charge in [-0.3, -0.25) is 9.59 Å². The van der Waals surface area contributed by atoms with Crippen molar-refractivity contribution in [1.82, 2.24) is 4.31 Å². The molecule has 160 valence electrons. The lowest BCUT2D eigenvalue weighted by Crippen LogP contribution is -2.40. The standard InChI is InChI=1S/C21H24N2O6S/c1-15(24)16-6-7-20(28-2)17(12-16)13-21(25)22-18-4-3-5-19(14-18)30(26,27)23-8-10-29-11-9-23/h3-7,12,14H,8-11,13H2,1-2H3,(H,22,25). The summed E-state index contributed by atoms with van der Waals surface area (Å²) in [5, 5.41) is 2.72. The van der Waals surface area contributed by atoms with Crippen molar-refractivity contribution in [3.05, 3.63) is 53.6 Å². The first-order valence-electron chi connectivity index (χ1n) is 9.47. The Kier molecular flexibility index (Phi) is 6.86. The summed E-state index contributed by atoms with van der Waals surface area (Å²) in [6.07, 6.45) is -0.0231. The molecule has 0 aromatic heterocycles. The predicted octanol–water partition coefficient (Wildman–Crippen LogP) is 2.10. The lowest BCUT2D eigenvalue weighted by molar-refractivity contribution is -0.115. The average molecular weight is 432 g/mol. The van der Waals surface area contributed by atoms with Crippen LogP contribution < -0.4 is 10.1 Å². The van der Waals surface area contributed by atoms with Crippen molar-refractivity contribution >= 4 is 27.4 Å². The maximum atomic E-state index is 12.8. The zero-order chi connectivity index (χ0) is 21.7. The molecule has 8 nitrogen and oxygen atoms in total. The van der Waals surface area contributed by atoms with E-state index in [1.165, 1.54) is 30.5 Å². The van der Waals surface area contributed by atoms with Gasteiger partial charge in [0.15, 0.2) is 5.78 Å². The maximum Gasteiger partial charge on any atom is 0.243 e. The fourth-order valence-electron chi connectivity index (χ4n) is 3.18. The quantitative estimate of drug-likeness (QED) is 0.673. The number of hydrogen-bond acceptors (Lipinski definition) is 6. The second kappa shape index (κ2) is 9.38. The topological polar surface area (TPSA) is 102 Å². The zero-order valence-corrected chi connectivity index (χ0v) is 17.7. The minimum Gasteiger partial charge on any atom is -0.496 e. The highest BCUT2D eigenvalue weighted by atomic mass is 32.2. The number of Topliss-reactive ketones (excluding diaryl/α,β-unsaturated/α-hetero) is 1. The van der Waals surface area contributed by atoms with Crippen molar-refractivity contribution in [3.63, 3.8) is 0 Å². The lowest BCUT2D eigenvalue weighted by Gasteiger charge is -2.26. The fourth-order valence-corrected chi connectivity index (χ4v) is 4.64. The Bertz CT molecular complexity index is 1050. The van der Waals surface area contributed by atoms with E-state index in [0.29, 0.717) is 48.9 Å². The first-order chi connectivity index (χ1) is 14.3. The van der Waals surface area contributed by atoms with Gasteiger partial charge in [0.05, 0.1) is 31.6 Å². The molecule has 2 aromatic rings. The van der Waals surface area contributed by atoms with Gasteiger partial charge in [0, 0.05) is 29.9 Å². The molecule has 1 amide bonds. The number of rotatable bonds is 7. The largest absolute Gasteiger partial charge is 0.496 e. The van der Waals surface area contributed by atoms with Crippen molar-refractivity contribution in [3.8, 4) is 5.75 Å². The van der Waals surface area contributed by atoms with Crippen LogP contribution in [0.4, 0.5) is 5.69 Å². The smallest absolute Gasteiger partial charge is 0.243 e. The summed E-state index contributed by atoms with van der Waals surface area (Å²) in [6, 6.07) is 11.1. The maximum absolute atomic E-state index is 12.8. The van der Waals surface area contributed by atoms with Gasteiger partial charge in [-0.25, -0.2) is 8.42 Å². The van der Waals surface area contributed by atoms with Crippen molar-refractivity contribution in [2.24, 2.45) is 0 Å². The van der Waals surface area contributed by atoms with E-state index in [0.717, 1.165) is 0 Å². The highest BCUT2D eigenvalue weighted by Gasteiger charge is 2.26. The first-order valence-corrected chi connectivity index (χ1v) is 10.9. The summed E-state index contributed by atoms with van der Waals surface area (Å²) in [5.41, 5.74) is 1.42. The van der Waals surface area contributed by atoms with Gasteiger partial charge in [0.1, 0.15) is 5.75 Å². The molecule has 1 aliphatic rings. The Morgan fingerprint density at radius 2 is 1.87 bits per heavy atom. The molecule has 1 aliphatic heterocycles. The molecular weight excluding hydrogens is 408 g/mol. The molecule has 0 atom stereocenters. The molecule has 1 N–H and O–H groups in total. The van der Waals surface area contributed by atoms with Crippen LogP contribution in [0.25, 0.3) is 0 Å². The molecule has 0 radical (unpaired) electrons. The molecule has 0 spiro atoms. The van der Waals surface area contributed by atoms with Crippen LogP contribution in [0.2, 0.25) is 0 Å². The predicted molar refractivity (Wildman–Crippen MR) is 111 cm³/mol. The normalized spacial score (nSPS) is 14.9. The van der Waals surface area contributed by atoms with Crippen LogP contribution in [-0.2, 0) is 26.0 Å². The Hall–Kier alpha value is -2.75. The van der Waals surface area contributed by atoms with Crippen LogP contribution in [0, 0.1) is 0 Å². The van der Waals surface area contributed by atoms with Crippen LogP contribution in [0.1, 0.15) is 22.8 Å². The molecule has 3 rings (SSSR count). The molecule has 0 bridgehead atoms. The Labute approximate surface area is 175 Å². The number of nitrogens with one attached hydrogen (secondary N) is 1. The number of carbonyl (C=O) groups excluding carboxylic acids is 2. The van der Waals surface area contributed by atoms with E-state index in [1.807, 2.05) is 0 Å². The van der Waals surface area contributed by atoms with Gasteiger partial charge >= 0.3 is 0 Å². The molecule has 1 saturated heterocycles. The third kappa shape index (κ3) is 5.05. The van der Waals surface area contributed by atoms with Crippen LogP contribution in [0.3, 0.4) is 0 Å². The third-order valence-corrected chi connectivity index (χ3v) is 6.66. The van der Waals surface area contributed by atoms with Crippen LogP contribution in [0.15, 0.2) is 47.4 Å². The second-order valence-electron chi connectivity index (χ2n) is 6.85. The van der Waals surface area contributed by atoms with Gasteiger partial charge in [-0.1, -0.05) is 6.07 Å². The highest BCUT2D eigenvalue weighted by Crippen LogP contribution is 2.23. The minimum absolute atomic E-state index is 0.0231. The van der Waals surface area contributed by atoms with E-state index in [-0.39, 0.29) is 23.0 Å². The molecule has 0 aliphatic carbocycles. The number of sulfonamides is 1. The molecule has 1 heterocycles. The number of ether oxygens (including phenoxy) is 2. The summed E-state index contributed by atoms with van der Waals surface area (Å²) in [4.78, 5) is 24.3. The van der Waals surface area contributed by atoms with E-state index < -0.39 is 10.0 Å². The second-order valence-corrected chi connectivity index (χ2v) is 8.79. The van der Waals surface area contributed by atoms with Crippen LogP contribution in [-0.4, -0.2) is 57.8 Å². The van der Waals surface area contributed by atoms with Crippen molar-refractivity contribution < 1.29 is 27.5 Å². The van der Waals surface area contributed by atoms with Crippen molar-refractivity contribution in [1.29, 1.82) is 0 Å².